The van der Waals surface area contributed by atoms with Crippen LogP contribution in [0.15, 0.2) is 6.33 Å². The standard InChI is InChI=1S/C14H21ClN6/c1-8(6-11-9(2)20-21(5)10(11)3)19-14-12(16-4)13(15)17-7-18-14/h7-8,16H,6H2,1-5H3,(H,17,18,19). The Hall–Kier alpha value is -1.82. The molecule has 21 heavy (non-hydrogen) atoms. The Balaban J connectivity index is 2.15. The molecule has 2 heterocycles. The number of hydrogen-bond donors (Lipinski definition) is 2. The van der Waals surface area contributed by atoms with Crippen LogP contribution in [0.5, 0.6) is 0 Å². The van der Waals surface area contributed by atoms with E-state index in [1.807, 2.05) is 18.7 Å². The van der Waals surface area contributed by atoms with Crippen LogP contribution in [-0.4, -0.2) is 32.8 Å². The Bertz CT molecular complexity index is 637. The van der Waals surface area contributed by atoms with Gasteiger partial charge in [-0.3, -0.25) is 4.68 Å². The van der Waals surface area contributed by atoms with Crippen LogP contribution in [-0.2, 0) is 13.5 Å². The molecule has 114 valence electrons. The van der Waals surface area contributed by atoms with Crippen molar-refractivity contribution in [3.05, 3.63) is 28.4 Å². The van der Waals surface area contributed by atoms with Gasteiger partial charge in [-0.15, -0.1) is 0 Å². The first-order valence-corrected chi connectivity index (χ1v) is 7.25. The zero-order valence-electron chi connectivity index (χ0n) is 13.0. The van der Waals surface area contributed by atoms with Crippen LogP contribution in [0.4, 0.5) is 11.5 Å². The monoisotopic (exact) mass is 308 g/mol. The van der Waals surface area contributed by atoms with Gasteiger partial charge in [-0.1, -0.05) is 11.6 Å². The minimum absolute atomic E-state index is 0.199. The molecule has 2 rings (SSSR count). The van der Waals surface area contributed by atoms with Crippen molar-refractivity contribution < 1.29 is 0 Å². The molecule has 0 saturated carbocycles. The molecule has 6 nitrogen and oxygen atoms in total. The second-order valence-electron chi connectivity index (χ2n) is 5.16. The number of hydrogen-bond acceptors (Lipinski definition) is 5. The first kappa shape index (κ1) is 15.6. The molecule has 0 spiro atoms. The molecule has 0 fully saturated rings. The van der Waals surface area contributed by atoms with Gasteiger partial charge in [0.25, 0.3) is 0 Å². The van der Waals surface area contributed by atoms with E-state index in [-0.39, 0.29) is 6.04 Å². The highest BCUT2D eigenvalue weighted by Crippen LogP contribution is 2.26. The highest BCUT2D eigenvalue weighted by molar-refractivity contribution is 6.32. The number of aryl methyl sites for hydroxylation is 2. The van der Waals surface area contributed by atoms with E-state index in [9.17, 15) is 0 Å². The molecule has 2 N–H and O–H groups in total. The van der Waals surface area contributed by atoms with Crippen LogP contribution in [0.2, 0.25) is 5.15 Å². The molecule has 2 aromatic heterocycles. The smallest absolute Gasteiger partial charge is 0.157 e. The third-order valence-corrected chi connectivity index (χ3v) is 3.89. The van der Waals surface area contributed by atoms with Crippen molar-refractivity contribution in [3.63, 3.8) is 0 Å². The second kappa shape index (κ2) is 6.30. The van der Waals surface area contributed by atoms with Crippen molar-refractivity contribution in [1.82, 2.24) is 19.7 Å². The molecule has 0 aliphatic heterocycles. The van der Waals surface area contributed by atoms with Crippen molar-refractivity contribution in [3.8, 4) is 0 Å². The van der Waals surface area contributed by atoms with Crippen molar-refractivity contribution in [2.75, 3.05) is 17.7 Å². The molecule has 0 aliphatic rings. The van der Waals surface area contributed by atoms with Gasteiger partial charge >= 0.3 is 0 Å². The first-order valence-electron chi connectivity index (χ1n) is 6.87. The van der Waals surface area contributed by atoms with Crippen molar-refractivity contribution in [1.29, 1.82) is 0 Å². The van der Waals surface area contributed by atoms with E-state index in [0.717, 1.165) is 12.1 Å². The average Bonchev–Trinajstić information content (AvgIpc) is 2.66. The van der Waals surface area contributed by atoms with Gasteiger partial charge in [0, 0.05) is 25.8 Å². The van der Waals surface area contributed by atoms with Gasteiger partial charge in [-0.05, 0) is 32.8 Å². The second-order valence-corrected chi connectivity index (χ2v) is 5.52. The molecular weight excluding hydrogens is 288 g/mol. The van der Waals surface area contributed by atoms with E-state index in [1.165, 1.54) is 17.6 Å². The first-order chi connectivity index (χ1) is 9.93. The van der Waals surface area contributed by atoms with Crippen LogP contribution in [0.3, 0.4) is 0 Å². The lowest BCUT2D eigenvalue weighted by Gasteiger charge is -2.17. The van der Waals surface area contributed by atoms with Crippen LogP contribution in [0, 0.1) is 13.8 Å². The number of rotatable bonds is 5. The predicted molar refractivity (Wildman–Crippen MR) is 86.1 cm³/mol. The van der Waals surface area contributed by atoms with E-state index in [4.69, 9.17) is 11.6 Å². The number of halogens is 1. The average molecular weight is 309 g/mol. The largest absolute Gasteiger partial charge is 0.383 e. The quantitative estimate of drug-likeness (QED) is 0.831. The van der Waals surface area contributed by atoms with Gasteiger partial charge in [-0.25, -0.2) is 9.97 Å². The molecule has 0 radical (unpaired) electrons. The van der Waals surface area contributed by atoms with E-state index >= 15 is 0 Å². The van der Waals surface area contributed by atoms with Gasteiger partial charge in [0.1, 0.15) is 12.0 Å². The van der Waals surface area contributed by atoms with E-state index in [0.29, 0.717) is 16.7 Å². The summed E-state index contributed by atoms with van der Waals surface area (Å²) in [6.45, 7) is 6.24. The Labute approximate surface area is 129 Å². The lowest BCUT2D eigenvalue weighted by molar-refractivity contribution is 0.726. The fourth-order valence-corrected chi connectivity index (χ4v) is 2.63. The number of nitrogens with one attached hydrogen (secondary N) is 2. The maximum Gasteiger partial charge on any atom is 0.157 e. The molecule has 0 saturated heterocycles. The summed E-state index contributed by atoms with van der Waals surface area (Å²) < 4.78 is 1.91. The summed E-state index contributed by atoms with van der Waals surface area (Å²) in [6.07, 6.45) is 2.33. The van der Waals surface area contributed by atoms with Gasteiger partial charge in [0.2, 0.25) is 0 Å². The maximum atomic E-state index is 6.06. The van der Waals surface area contributed by atoms with Crippen molar-refractivity contribution >= 4 is 23.1 Å². The van der Waals surface area contributed by atoms with E-state index in [2.05, 4.69) is 39.5 Å². The molecule has 0 amide bonds. The molecule has 0 aromatic carbocycles. The Morgan fingerprint density at radius 3 is 2.62 bits per heavy atom. The lowest BCUT2D eigenvalue weighted by atomic mass is 10.1. The fourth-order valence-electron chi connectivity index (χ4n) is 2.40. The van der Waals surface area contributed by atoms with Gasteiger partial charge in [0.05, 0.1) is 5.69 Å². The number of anilines is 2. The highest BCUT2D eigenvalue weighted by Gasteiger charge is 2.15. The van der Waals surface area contributed by atoms with Crippen LogP contribution < -0.4 is 10.6 Å². The topological polar surface area (TPSA) is 67.7 Å². The van der Waals surface area contributed by atoms with Crippen LogP contribution in [0.1, 0.15) is 23.9 Å². The molecule has 7 heteroatoms. The van der Waals surface area contributed by atoms with Crippen molar-refractivity contribution in [2.45, 2.75) is 33.2 Å². The lowest BCUT2D eigenvalue weighted by Crippen LogP contribution is -2.20. The summed E-state index contributed by atoms with van der Waals surface area (Å²) in [5.41, 5.74) is 4.24. The third-order valence-electron chi connectivity index (χ3n) is 3.60. The minimum Gasteiger partial charge on any atom is -0.383 e. The summed E-state index contributed by atoms with van der Waals surface area (Å²) in [6, 6.07) is 0.199. The number of aromatic nitrogens is 4. The van der Waals surface area contributed by atoms with Crippen molar-refractivity contribution in [2.24, 2.45) is 7.05 Å². The fraction of sp³-hybridized carbons (Fsp3) is 0.500. The molecular formula is C14H21ClN6. The van der Waals surface area contributed by atoms with E-state index in [1.54, 1.807) is 7.05 Å². The summed E-state index contributed by atoms with van der Waals surface area (Å²) in [7, 11) is 3.77. The Morgan fingerprint density at radius 2 is 2.05 bits per heavy atom. The summed E-state index contributed by atoms with van der Waals surface area (Å²) in [5.74, 6) is 0.712. The van der Waals surface area contributed by atoms with Gasteiger partial charge in [-0.2, -0.15) is 5.10 Å². The SMILES string of the molecule is CNc1c(Cl)ncnc1NC(C)Cc1c(C)nn(C)c1C. The minimum atomic E-state index is 0.199. The van der Waals surface area contributed by atoms with Gasteiger partial charge in [0.15, 0.2) is 11.0 Å². The zero-order valence-corrected chi connectivity index (χ0v) is 13.8. The normalized spacial score (nSPS) is 12.3. The number of nitrogens with zero attached hydrogens (tertiary/aromatic N) is 4. The van der Waals surface area contributed by atoms with Gasteiger partial charge < -0.3 is 10.6 Å². The molecule has 0 aliphatic carbocycles. The predicted octanol–water partition coefficient (Wildman–Crippen LogP) is 2.57. The molecule has 0 bridgehead atoms. The summed E-state index contributed by atoms with van der Waals surface area (Å²) in [4.78, 5) is 8.22. The molecule has 2 aromatic rings. The van der Waals surface area contributed by atoms with E-state index < -0.39 is 0 Å². The zero-order chi connectivity index (χ0) is 15.6. The third kappa shape index (κ3) is 3.26. The van der Waals surface area contributed by atoms with Crippen LogP contribution >= 0.6 is 11.6 Å². The Morgan fingerprint density at radius 1 is 1.33 bits per heavy atom. The summed E-state index contributed by atoms with van der Waals surface area (Å²) >= 11 is 6.06. The Kier molecular flexibility index (Phi) is 4.67. The summed E-state index contributed by atoms with van der Waals surface area (Å²) in [5, 5.41) is 11.3. The molecule has 1 atom stereocenters. The highest BCUT2D eigenvalue weighted by atomic mass is 35.5. The molecule has 1 unspecified atom stereocenters. The maximum absolute atomic E-state index is 6.06. The van der Waals surface area contributed by atoms with Crippen LogP contribution in [0.25, 0.3) is 0 Å².